The molecular weight excluding hydrogens is 251 g/mol. The summed E-state index contributed by atoms with van der Waals surface area (Å²) in [5.41, 5.74) is 0.765. The first-order valence-electron chi connectivity index (χ1n) is 6.46. The minimum Gasteiger partial charge on any atom is -0.486 e. The molecule has 102 valence electrons. The molecule has 3 rings (SSSR count). The number of ether oxygens (including phenoxy) is 2. The highest BCUT2D eigenvalue weighted by atomic mass is 19.1. The van der Waals surface area contributed by atoms with Crippen LogP contribution in [0.3, 0.4) is 0 Å². The van der Waals surface area contributed by atoms with Crippen molar-refractivity contribution in [3.05, 3.63) is 23.5 Å². The lowest BCUT2D eigenvalue weighted by molar-refractivity contribution is -0.137. The Balaban J connectivity index is 2.00. The van der Waals surface area contributed by atoms with Gasteiger partial charge >= 0.3 is 5.97 Å². The molecule has 4 nitrogen and oxygen atoms in total. The average Bonchev–Trinajstić information content (AvgIpc) is 3.21. The largest absolute Gasteiger partial charge is 0.486 e. The molecule has 0 spiro atoms. The van der Waals surface area contributed by atoms with Crippen molar-refractivity contribution < 1.29 is 23.8 Å². The van der Waals surface area contributed by atoms with E-state index in [1.165, 1.54) is 6.07 Å². The number of carboxylic acids is 1. The molecule has 1 aliphatic carbocycles. The van der Waals surface area contributed by atoms with Gasteiger partial charge in [0.2, 0.25) is 0 Å². The van der Waals surface area contributed by atoms with Crippen molar-refractivity contribution >= 4 is 5.97 Å². The minimum absolute atomic E-state index is 0.0477. The molecular formula is C14H15FO4. The number of fused-ring (bicyclic) bond motifs is 1. The van der Waals surface area contributed by atoms with Gasteiger partial charge in [-0.1, -0.05) is 6.07 Å². The summed E-state index contributed by atoms with van der Waals surface area (Å²) in [4.78, 5) is 11.0. The summed E-state index contributed by atoms with van der Waals surface area (Å²) >= 11 is 0. The fraction of sp³-hybridized carbons (Fsp3) is 0.500. The lowest BCUT2D eigenvalue weighted by atomic mass is 9.90. The van der Waals surface area contributed by atoms with Crippen LogP contribution in [-0.4, -0.2) is 24.3 Å². The molecule has 0 aromatic heterocycles. The predicted molar refractivity (Wildman–Crippen MR) is 65.1 cm³/mol. The van der Waals surface area contributed by atoms with Crippen LogP contribution in [0.1, 0.15) is 30.7 Å². The van der Waals surface area contributed by atoms with Gasteiger partial charge in [0.25, 0.3) is 0 Å². The third kappa shape index (κ3) is 2.37. The van der Waals surface area contributed by atoms with Crippen molar-refractivity contribution in [3.63, 3.8) is 0 Å². The Bertz CT molecular complexity index is 510. The first-order chi connectivity index (χ1) is 9.16. The summed E-state index contributed by atoms with van der Waals surface area (Å²) < 4.78 is 24.5. The molecule has 0 bridgehead atoms. The van der Waals surface area contributed by atoms with Crippen LogP contribution in [0, 0.1) is 11.7 Å². The highest BCUT2D eigenvalue weighted by Gasteiger charge is 2.37. The second kappa shape index (κ2) is 4.72. The van der Waals surface area contributed by atoms with Crippen molar-refractivity contribution in [1.82, 2.24) is 0 Å². The normalized spacial score (nSPS) is 19.0. The standard InChI is InChI=1S/C14H15FO4/c15-11-4-3-9(13-14(11)19-6-5-18-13)10(7-12(16)17)8-1-2-8/h3-4,8,10H,1-2,5-7H2,(H,16,17). The number of rotatable bonds is 4. The number of hydrogen-bond acceptors (Lipinski definition) is 3. The quantitative estimate of drug-likeness (QED) is 0.910. The lowest BCUT2D eigenvalue weighted by Crippen LogP contribution is -2.19. The van der Waals surface area contributed by atoms with Crippen LogP contribution in [-0.2, 0) is 4.79 Å². The van der Waals surface area contributed by atoms with Crippen LogP contribution in [0.2, 0.25) is 0 Å². The third-order valence-electron chi connectivity index (χ3n) is 3.66. The molecule has 19 heavy (non-hydrogen) atoms. The van der Waals surface area contributed by atoms with Crippen LogP contribution in [0.15, 0.2) is 12.1 Å². The van der Waals surface area contributed by atoms with Crippen LogP contribution in [0.25, 0.3) is 0 Å². The van der Waals surface area contributed by atoms with Crippen LogP contribution >= 0.6 is 0 Å². The van der Waals surface area contributed by atoms with Gasteiger partial charge < -0.3 is 14.6 Å². The summed E-state index contributed by atoms with van der Waals surface area (Å²) in [5.74, 6) is -0.538. The summed E-state index contributed by atoms with van der Waals surface area (Å²) in [5, 5.41) is 9.03. The van der Waals surface area contributed by atoms with E-state index in [0.717, 1.165) is 18.4 Å². The zero-order valence-corrected chi connectivity index (χ0v) is 10.4. The molecule has 2 aliphatic rings. The molecule has 1 aromatic rings. The monoisotopic (exact) mass is 266 g/mol. The second-order valence-electron chi connectivity index (χ2n) is 5.03. The molecule has 1 saturated carbocycles. The Hall–Kier alpha value is -1.78. The van der Waals surface area contributed by atoms with Crippen molar-refractivity contribution in [2.45, 2.75) is 25.2 Å². The Morgan fingerprint density at radius 3 is 2.63 bits per heavy atom. The van der Waals surface area contributed by atoms with E-state index >= 15 is 0 Å². The lowest BCUT2D eigenvalue weighted by Gasteiger charge is -2.25. The molecule has 1 heterocycles. The number of aliphatic carboxylic acids is 1. The van der Waals surface area contributed by atoms with E-state index in [0.29, 0.717) is 24.9 Å². The van der Waals surface area contributed by atoms with Gasteiger partial charge in [-0.05, 0) is 24.8 Å². The first-order valence-corrected chi connectivity index (χ1v) is 6.46. The van der Waals surface area contributed by atoms with Gasteiger partial charge in [0, 0.05) is 11.5 Å². The smallest absolute Gasteiger partial charge is 0.303 e. The zero-order valence-electron chi connectivity index (χ0n) is 10.4. The van der Waals surface area contributed by atoms with E-state index in [-0.39, 0.29) is 18.1 Å². The van der Waals surface area contributed by atoms with Crippen molar-refractivity contribution in [3.8, 4) is 11.5 Å². The molecule has 0 saturated heterocycles. The van der Waals surface area contributed by atoms with Crippen molar-refractivity contribution in [2.24, 2.45) is 5.92 Å². The van der Waals surface area contributed by atoms with Crippen LogP contribution < -0.4 is 9.47 Å². The SMILES string of the molecule is O=C(O)CC(c1ccc(F)c2c1OCCO2)C1CC1. The maximum absolute atomic E-state index is 13.7. The fourth-order valence-electron chi connectivity index (χ4n) is 2.63. The molecule has 0 amide bonds. The van der Waals surface area contributed by atoms with Gasteiger partial charge in [0.05, 0.1) is 6.42 Å². The summed E-state index contributed by atoms with van der Waals surface area (Å²) in [6, 6.07) is 2.97. The molecule has 1 atom stereocenters. The van der Waals surface area contributed by atoms with E-state index in [1.54, 1.807) is 6.07 Å². The number of halogens is 1. The predicted octanol–water partition coefficient (Wildman–Crippen LogP) is 2.57. The third-order valence-corrected chi connectivity index (χ3v) is 3.66. The van der Waals surface area contributed by atoms with E-state index in [9.17, 15) is 9.18 Å². The maximum Gasteiger partial charge on any atom is 0.303 e. The van der Waals surface area contributed by atoms with Crippen molar-refractivity contribution in [2.75, 3.05) is 13.2 Å². The highest BCUT2D eigenvalue weighted by molar-refractivity contribution is 5.69. The Morgan fingerprint density at radius 1 is 1.32 bits per heavy atom. The molecule has 1 aromatic carbocycles. The minimum atomic E-state index is -0.841. The maximum atomic E-state index is 13.7. The Kier molecular flexibility index (Phi) is 3.05. The van der Waals surface area contributed by atoms with Gasteiger partial charge in [-0.3, -0.25) is 4.79 Å². The molecule has 0 radical (unpaired) electrons. The molecule has 5 heteroatoms. The van der Waals surface area contributed by atoms with Gasteiger partial charge in [0.15, 0.2) is 17.3 Å². The van der Waals surface area contributed by atoms with E-state index < -0.39 is 11.8 Å². The first kappa shape index (κ1) is 12.3. The molecule has 1 fully saturated rings. The number of carbonyl (C=O) groups is 1. The van der Waals surface area contributed by atoms with E-state index in [1.807, 2.05) is 0 Å². The van der Waals surface area contributed by atoms with Gasteiger partial charge in [0.1, 0.15) is 13.2 Å². The summed E-state index contributed by atoms with van der Waals surface area (Å²) in [6.45, 7) is 0.689. The Labute approximate surface area is 110 Å². The van der Waals surface area contributed by atoms with Gasteiger partial charge in [-0.2, -0.15) is 0 Å². The number of benzene rings is 1. The Morgan fingerprint density at radius 2 is 2.00 bits per heavy atom. The fourth-order valence-corrected chi connectivity index (χ4v) is 2.63. The summed E-state index contributed by atoms with van der Waals surface area (Å²) in [7, 11) is 0. The molecule has 1 aliphatic heterocycles. The average molecular weight is 266 g/mol. The summed E-state index contributed by atoms with van der Waals surface area (Å²) in [6.07, 6.45) is 2.09. The molecule has 1 N–H and O–H groups in total. The van der Waals surface area contributed by atoms with Gasteiger partial charge in [-0.15, -0.1) is 0 Å². The van der Waals surface area contributed by atoms with Gasteiger partial charge in [-0.25, -0.2) is 4.39 Å². The number of hydrogen-bond donors (Lipinski definition) is 1. The van der Waals surface area contributed by atoms with Crippen LogP contribution in [0.5, 0.6) is 11.5 Å². The molecule has 1 unspecified atom stereocenters. The topological polar surface area (TPSA) is 55.8 Å². The zero-order chi connectivity index (χ0) is 13.4. The number of carboxylic acid groups (broad SMARTS) is 1. The highest BCUT2D eigenvalue weighted by Crippen LogP contribution is 2.50. The van der Waals surface area contributed by atoms with E-state index in [2.05, 4.69) is 0 Å². The van der Waals surface area contributed by atoms with E-state index in [4.69, 9.17) is 14.6 Å². The second-order valence-corrected chi connectivity index (χ2v) is 5.03. The van der Waals surface area contributed by atoms with Crippen LogP contribution in [0.4, 0.5) is 4.39 Å². The van der Waals surface area contributed by atoms with Crippen molar-refractivity contribution in [1.29, 1.82) is 0 Å².